The molecule has 2 aliphatic rings. The molecule has 0 saturated carbocycles. The van der Waals surface area contributed by atoms with Crippen LogP contribution in [-0.4, -0.2) is 104 Å². The number of nitrogens with zero attached hydrogens (tertiary/aromatic N) is 4. The molecule has 47 heavy (non-hydrogen) atoms. The number of ether oxygens (including phenoxy) is 1. The Balaban J connectivity index is 0.990. The lowest BCUT2D eigenvalue weighted by atomic mass is 9.94. The van der Waals surface area contributed by atoms with Gasteiger partial charge in [-0.2, -0.15) is 0 Å². The maximum absolute atomic E-state index is 13.5. The van der Waals surface area contributed by atoms with Crippen molar-refractivity contribution in [3.05, 3.63) is 101 Å². The van der Waals surface area contributed by atoms with E-state index in [1.807, 2.05) is 30.3 Å². The van der Waals surface area contributed by atoms with Crippen LogP contribution in [0.4, 0.5) is 0 Å². The number of carbonyl (C=O) groups is 2. The second kappa shape index (κ2) is 18.0. The summed E-state index contributed by atoms with van der Waals surface area (Å²) in [4.78, 5) is 35.3. The van der Waals surface area contributed by atoms with E-state index < -0.39 is 0 Å². The Morgan fingerprint density at radius 3 is 2.11 bits per heavy atom. The Morgan fingerprint density at radius 1 is 0.766 bits per heavy atom. The Hall–Kier alpha value is -3.72. The highest BCUT2D eigenvalue weighted by Crippen LogP contribution is 2.23. The van der Waals surface area contributed by atoms with Crippen LogP contribution < -0.4 is 10.1 Å². The van der Waals surface area contributed by atoms with E-state index >= 15 is 0 Å². The highest BCUT2D eigenvalue weighted by molar-refractivity contribution is 5.94. The van der Waals surface area contributed by atoms with Gasteiger partial charge in [-0.05, 0) is 100 Å². The Kier molecular flexibility index (Phi) is 13.2. The van der Waals surface area contributed by atoms with Crippen LogP contribution in [0.25, 0.3) is 0 Å². The van der Waals surface area contributed by atoms with Crippen molar-refractivity contribution in [2.24, 2.45) is 5.92 Å². The van der Waals surface area contributed by atoms with Gasteiger partial charge in [-0.3, -0.25) is 19.4 Å². The average Bonchev–Trinajstić information content (AvgIpc) is 3.33. The van der Waals surface area contributed by atoms with E-state index in [0.29, 0.717) is 18.0 Å². The molecule has 0 spiro atoms. The fourth-order valence-electron chi connectivity index (χ4n) is 6.55. The van der Waals surface area contributed by atoms with Crippen LogP contribution in [0.2, 0.25) is 0 Å². The van der Waals surface area contributed by atoms with Crippen LogP contribution in [0, 0.1) is 5.92 Å². The first-order valence-corrected chi connectivity index (χ1v) is 17.4. The predicted octanol–water partition coefficient (Wildman–Crippen LogP) is 4.94. The molecule has 2 fully saturated rings. The Bertz CT molecular complexity index is 1370. The summed E-state index contributed by atoms with van der Waals surface area (Å²) in [5.41, 5.74) is 4.40. The molecule has 8 heteroatoms. The summed E-state index contributed by atoms with van der Waals surface area (Å²) >= 11 is 0. The molecule has 5 rings (SSSR count). The molecule has 2 amide bonds. The summed E-state index contributed by atoms with van der Waals surface area (Å²) < 4.78 is 5.88. The van der Waals surface area contributed by atoms with Crippen molar-refractivity contribution in [1.29, 1.82) is 0 Å². The second-order valence-corrected chi connectivity index (χ2v) is 13.3. The minimum Gasteiger partial charge on any atom is -0.494 e. The monoisotopic (exact) mass is 639 g/mol. The smallest absolute Gasteiger partial charge is 0.251 e. The van der Waals surface area contributed by atoms with Crippen LogP contribution in [0.15, 0.2) is 78.9 Å². The summed E-state index contributed by atoms with van der Waals surface area (Å²) in [6, 6.07) is 26.7. The third-order valence-corrected chi connectivity index (χ3v) is 9.35. The Morgan fingerprint density at radius 2 is 1.43 bits per heavy atom. The first-order valence-electron chi connectivity index (χ1n) is 17.4. The average molecular weight is 640 g/mol. The van der Waals surface area contributed by atoms with Crippen molar-refractivity contribution in [3.63, 3.8) is 0 Å². The van der Waals surface area contributed by atoms with Gasteiger partial charge in [0.05, 0.1) is 6.61 Å². The fraction of sp³-hybridized carbons (Fsp3) is 0.487. The van der Waals surface area contributed by atoms with Gasteiger partial charge >= 0.3 is 0 Å². The topological polar surface area (TPSA) is 68.4 Å². The molecule has 8 nitrogen and oxygen atoms in total. The van der Waals surface area contributed by atoms with Gasteiger partial charge in [-0.15, -0.1) is 0 Å². The van der Waals surface area contributed by atoms with Gasteiger partial charge in [0.1, 0.15) is 5.75 Å². The standard InChI is InChI=1S/C39H53N5O3/c1-41(2)22-7-29-47-37-16-12-34(13-17-37)31-43-25-19-36(20-26-43)39(46)44-24-6-23-42(27-28-44)30-33-10-14-35(15-11-33)38(45)40-21-18-32-8-4-3-5-9-32/h3-5,8-17,36H,6-7,18-31H2,1-2H3,(H,40,45). The fourth-order valence-corrected chi connectivity index (χ4v) is 6.55. The SMILES string of the molecule is CN(C)CCCOc1ccc(CN2CCC(C(=O)N3CCCN(Cc4ccc(C(=O)NCCc5ccccc5)cc4)CC3)CC2)cc1. The zero-order valence-electron chi connectivity index (χ0n) is 28.4. The van der Waals surface area contributed by atoms with Crippen LogP contribution in [0.1, 0.15) is 52.7 Å². The number of hydrogen-bond acceptors (Lipinski definition) is 6. The van der Waals surface area contributed by atoms with Gasteiger partial charge in [-0.1, -0.05) is 54.6 Å². The van der Waals surface area contributed by atoms with Crippen molar-refractivity contribution >= 4 is 11.8 Å². The molecule has 252 valence electrons. The number of amides is 2. The van der Waals surface area contributed by atoms with Gasteiger partial charge < -0.3 is 19.9 Å². The number of likely N-dealkylation sites (tertiary alicyclic amines) is 1. The molecule has 0 radical (unpaired) electrons. The molecule has 2 saturated heterocycles. The van der Waals surface area contributed by atoms with Gasteiger partial charge in [0.25, 0.3) is 5.91 Å². The molecule has 2 aliphatic heterocycles. The third kappa shape index (κ3) is 11.2. The molecule has 2 heterocycles. The first kappa shape index (κ1) is 34.6. The highest BCUT2D eigenvalue weighted by Gasteiger charge is 2.29. The largest absolute Gasteiger partial charge is 0.494 e. The number of benzene rings is 3. The second-order valence-electron chi connectivity index (χ2n) is 13.3. The third-order valence-electron chi connectivity index (χ3n) is 9.35. The van der Waals surface area contributed by atoms with E-state index in [-0.39, 0.29) is 11.8 Å². The lowest BCUT2D eigenvalue weighted by Gasteiger charge is -2.34. The maximum Gasteiger partial charge on any atom is 0.251 e. The van der Waals surface area contributed by atoms with Crippen molar-refractivity contribution in [3.8, 4) is 5.75 Å². The summed E-state index contributed by atoms with van der Waals surface area (Å²) in [7, 11) is 4.16. The molecule has 0 unspecified atom stereocenters. The molecule has 0 aromatic heterocycles. The minimum absolute atomic E-state index is 0.0342. The van der Waals surface area contributed by atoms with Crippen LogP contribution in [0.5, 0.6) is 5.75 Å². The lowest BCUT2D eigenvalue weighted by Crippen LogP contribution is -2.43. The van der Waals surface area contributed by atoms with E-state index in [4.69, 9.17) is 4.74 Å². The molecule has 1 N–H and O–H groups in total. The highest BCUT2D eigenvalue weighted by atomic mass is 16.5. The van der Waals surface area contributed by atoms with Crippen molar-refractivity contribution in [2.45, 2.75) is 45.2 Å². The molecule has 0 atom stereocenters. The minimum atomic E-state index is -0.0342. The van der Waals surface area contributed by atoms with Crippen LogP contribution in [0.3, 0.4) is 0 Å². The van der Waals surface area contributed by atoms with E-state index in [1.54, 1.807) is 0 Å². The number of piperidine rings is 1. The molecule has 0 bridgehead atoms. The summed E-state index contributed by atoms with van der Waals surface area (Å²) in [5, 5.41) is 3.03. The van der Waals surface area contributed by atoms with Crippen molar-refractivity contribution < 1.29 is 14.3 Å². The first-order chi connectivity index (χ1) is 22.9. The van der Waals surface area contributed by atoms with Crippen LogP contribution in [-0.2, 0) is 24.3 Å². The molecular formula is C39H53N5O3. The summed E-state index contributed by atoms with van der Waals surface area (Å²) in [6.45, 7) is 9.52. The summed E-state index contributed by atoms with van der Waals surface area (Å²) in [5.74, 6) is 1.36. The maximum atomic E-state index is 13.5. The lowest BCUT2D eigenvalue weighted by molar-refractivity contribution is -0.137. The number of hydrogen-bond donors (Lipinski definition) is 1. The van der Waals surface area contributed by atoms with E-state index in [1.165, 1.54) is 16.7 Å². The zero-order valence-corrected chi connectivity index (χ0v) is 28.4. The molecule has 3 aromatic rings. The Labute approximate surface area is 281 Å². The van der Waals surface area contributed by atoms with Gasteiger partial charge in [-0.25, -0.2) is 0 Å². The predicted molar refractivity (Wildman–Crippen MR) is 189 cm³/mol. The van der Waals surface area contributed by atoms with Gasteiger partial charge in [0, 0.05) is 63.8 Å². The normalized spacial score (nSPS) is 16.6. The molecule has 3 aromatic carbocycles. The van der Waals surface area contributed by atoms with E-state index in [9.17, 15) is 9.59 Å². The number of rotatable bonds is 14. The van der Waals surface area contributed by atoms with Gasteiger partial charge in [0.15, 0.2) is 0 Å². The van der Waals surface area contributed by atoms with Crippen molar-refractivity contribution in [1.82, 2.24) is 24.9 Å². The van der Waals surface area contributed by atoms with E-state index in [0.717, 1.165) is 103 Å². The van der Waals surface area contributed by atoms with Crippen LogP contribution >= 0.6 is 0 Å². The number of nitrogens with one attached hydrogen (secondary N) is 1. The number of carbonyl (C=O) groups excluding carboxylic acids is 2. The van der Waals surface area contributed by atoms with Crippen molar-refractivity contribution in [2.75, 3.05) is 73.1 Å². The quantitative estimate of drug-likeness (QED) is 0.252. The van der Waals surface area contributed by atoms with E-state index in [2.05, 4.69) is 87.5 Å². The van der Waals surface area contributed by atoms with Gasteiger partial charge in [0.2, 0.25) is 5.91 Å². The summed E-state index contributed by atoms with van der Waals surface area (Å²) in [6.07, 6.45) is 4.69. The molecule has 0 aliphatic carbocycles. The molecular weight excluding hydrogens is 586 g/mol. The zero-order chi connectivity index (χ0) is 32.8.